The van der Waals surface area contributed by atoms with Crippen LogP contribution < -0.4 is 14.8 Å². The Hall–Kier alpha value is -4.00. The summed E-state index contributed by atoms with van der Waals surface area (Å²) in [5.41, 5.74) is 2.52. The molecule has 238 valence electrons. The van der Waals surface area contributed by atoms with Gasteiger partial charge in [0.05, 0.1) is 22.7 Å². The van der Waals surface area contributed by atoms with Crippen molar-refractivity contribution >= 4 is 32.6 Å². The van der Waals surface area contributed by atoms with Gasteiger partial charge in [-0.25, -0.2) is 0 Å². The van der Waals surface area contributed by atoms with Gasteiger partial charge in [-0.15, -0.1) is 8.78 Å². The smallest absolute Gasteiger partial charge is 0.395 e. The number of aromatic nitrogens is 1. The predicted octanol–water partition coefficient (Wildman–Crippen LogP) is 6.92. The lowest BCUT2D eigenvalue weighted by atomic mass is 9.91. The van der Waals surface area contributed by atoms with Crippen molar-refractivity contribution in [2.24, 2.45) is 0 Å². The number of rotatable bonds is 7. The Kier molecular flexibility index (Phi) is 7.07. The van der Waals surface area contributed by atoms with E-state index in [0.29, 0.717) is 40.9 Å². The van der Waals surface area contributed by atoms with Crippen LogP contribution in [0.25, 0.3) is 16.6 Å². The highest BCUT2D eigenvalue weighted by molar-refractivity contribution is 7.85. The second kappa shape index (κ2) is 10.3. The number of hydrogen-bond acceptors (Lipinski definition) is 6. The molecular weight excluding hydrogens is 606 g/mol. The molecule has 3 N–H and O–H groups in total. The first-order valence-corrected chi connectivity index (χ1v) is 16.1. The van der Waals surface area contributed by atoms with E-state index in [9.17, 15) is 31.7 Å². The number of carbonyl (C=O) groups is 1. The van der Waals surface area contributed by atoms with E-state index in [0.717, 1.165) is 11.1 Å². The van der Waals surface area contributed by atoms with Crippen LogP contribution in [0.3, 0.4) is 0 Å². The highest BCUT2D eigenvalue weighted by Gasteiger charge is 2.53. The molecule has 1 fully saturated rings. The van der Waals surface area contributed by atoms with E-state index in [1.165, 1.54) is 18.2 Å². The number of aryl methyl sites for hydroxylation is 1. The summed E-state index contributed by atoms with van der Waals surface area (Å²) in [6, 6.07) is 14.6. The third kappa shape index (κ3) is 5.34. The second-order valence-electron chi connectivity index (χ2n) is 12.8. The van der Waals surface area contributed by atoms with Gasteiger partial charge in [0.1, 0.15) is 4.90 Å². The predicted molar refractivity (Wildman–Crippen MR) is 164 cm³/mol. The zero-order valence-electron chi connectivity index (χ0n) is 25.4. The summed E-state index contributed by atoms with van der Waals surface area (Å²) in [6.07, 6.45) is -3.63. The molecule has 1 unspecified atom stereocenters. The standard InChI is InChI=1S/C33H34F2N2O7S/c1-6-23(38)28-26(45(40,41)42)12-7-18(2)29(28)37-22-10-9-21(15-19(22)16-27(37)31(3,4)5)36-30(39)32(13-14-32)20-8-11-24-25(17-20)44-33(34,35)43-24/h7-12,15-17,23,38H,6,13-14H2,1-5H3,(H,36,39)(H,40,41,42). The molecule has 45 heavy (non-hydrogen) atoms. The van der Waals surface area contributed by atoms with Gasteiger partial charge < -0.3 is 24.5 Å². The lowest BCUT2D eigenvalue weighted by molar-refractivity contribution is -0.286. The summed E-state index contributed by atoms with van der Waals surface area (Å²) >= 11 is 0. The zero-order chi connectivity index (χ0) is 32.7. The van der Waals surface area contributed by atoms with Crippen LogP contribution in [0.5, 0.6) is 11.5 Å². The van der Waals surface area contributed by atoms with Gasteiger partial charge in [0.2, 0.25) is 5.91 Å². The van der Waals surface area contributed by atoms with Crippen molar-refractivity contribution < 1.29 is 41.1 Å². The van der Waals surface area contributed by atoms with Crippen LogP contribution in [0.1, 0.15) is 75.4 Å². The average Bonchev–Trinajstić information content (AvgIpc) is 3.57. The number of nitrogens with zero attached hydrogens (tertiary/aromatic N) is 1. The summed E-state index contributed by atoms with van der Waals surface area (Å²) < 4.78 is 73.0. The molecule has 0 radical (unpaired) electrons. The highest BCUT2D eigenvalue weighted by atomic mass is 32.2. The van der Waals surface area contributed by atoms with Gasteiger partial charge in [0.25, 0.3) is 10.1 Å². The van der Waals surface area contributed by atoms with Crippen LogP contribution in [0.2, 0.25) is 0 Å². The number of halogens is 2. The van der Waals surface area contributed by atoms with Crippen LogP contribution in [0, 0.1) is 6.92 Å². The topological polar surface area (TPSA) is 127 Å². The third-order valence-corrected chi connectivity index (χ3v) is 9.48. The molecule has 3 aromatic carbocycles. The van der Waals surface area contributed by atoms with Gasteiger partial charge in [0.15, 0.2) is 11.5 Å². The van der Waals surface area contributed by atoms with Gasteiger partial charge in [-0.3, -0.25) is 9.35 Å². The summed E-state index contributed by atoms with van der Waals surface area (Å²) in [5.74, 6) is -0.487. The highest BCUT2D eigenvalue weighted by Crippen LogP contribution is 2.52. The number of amides is 1. The number of ether oxygens (including phenoxy) is 2. The monoisotopic (exact) mass is 640 g/mol. The van der Waals surface area contributed by atoms with Crippen LogP contribution in [0.4, 0.5) is 14.5 Å². The molecule has 1 amide bonds. The van der Waals surface area contributed by atoms with Crippen molar-refractivity contribution in [3.05, 3.63) is 77.0 Å². The normalized spacial score (nSPS) is 17.4. The fourth-order valence-electron chi connectivity index (χ4n) is 6.10. The molecule has 2 aliphatic rings. The Morgan fingerprint density at radius 1 is 1.04 bits per heavy atom. The Morgan fingerprint density at radius 2 is 1.73 bits per heavy atom. The maximum atomic E-state index is 13.6. The fourth-order valence-corrected chi connectivity index (χ4v) is 6.85. The summed E-state index contributed by atoms with van der Waals surface area (Å²) in [5, 5.41) is 14.8. The minimum absolute atomic E-state index is 0.0865. The summed E-state index contributed by atoms with van der Waals surface area (Å²) in [4.78, 5) is 13.2. The zero-order valence-corrected chi connectivity index (χ0v) is 26.3. The van der Waals surface area contributed by atoms with Gasteiger partial charge in [-0.05, 0) is 79.8 Å². The maximum absolute atomic E-state index is 13.6. The minimum Gasteiger partial charge on any atom is -0.395 e. The van der Waals surface area contributed by atoms with Gasteiger partial charge in [-0.1, -0.05) is 39.8 Å². The Morgan fingerprint density at radius 3 is 2.36 bits per heavy atom. The molecule has 0 spiro atoms. The Bertz CT molecular complexity index is 1970. The molecule has 12 heteroatoms. The number of nitrogens with one attached hydrogen (secondary N) is 1. The summed E-state index contributed by atoms with van der Waals surface area (Å²) in [6.45, 7) is 9.57. The largest absolute Gasteiger partial charge is 0.586 e. The lowest BCUT2D eigenvalue weighted by Gasteiger charge is -2.27. The lowest BCUT2D eigenvalue weighted by Crippen LogP contribution is -2.27. The van der Waals surface area contributed by atoms with E-state index in [-0.39, 0.29) is 34.3 Å². The van der Waals surface area contributed by atoms with Crippen LogP contribution >= 0.6 is 0 Å². The molecule has 1 aliphatic heterocycles. The fraction of sp³-hybridized carbons (Fsp3) is 0.364. The SMILES string of the molecule is CCC(O)c1c(S(=O)(=O)O)ccc(C)c1-n1c(C(C)(C)C)cc2cc(NC(=O)C3(c4ccc5c(c4)OC(F)(F)O5)CC3)ccc21. The quantitative estimate of drug-likeness (QED) is 0.187. The van der Waals surface area contributed by atoms with E-state index >= 15 is 0 Å². The first-order chi connectivity index (χ1) is 20.9. The molecule has 0 saturated heterocycles. The van der Waals surface area contributed by atoms with E-state index in [1.54, 1.807) is 25.1 Å². The van der Waals surface area contributed by atoms with Crippen molar-refractivity contribution in [3.8, 4) is 17.2 Å². The Balaban J connectivity index is 1.42. The number of aliphatic hydroxyl groups excluding tert-OH is 1. The third-order valence-electron chi connectivity index (χ3n) is 8.57. The summed E-state index contributed by atoms with van der Waals surface area (Å²) in [7, 11) is -4.65. The molecular formula is C33H34F2N2O7S. The minimum atomic E-state index is -4.65. The number of anilines is 1. The number of carbonyl (C=O) groups excluding carboxylic acids is 1. The molecule has 2 heterocycles. The molecule has 9 nitrogen and oxygen atoms in total. The number of aliphatic hydroxyl groups is 1. The number of alkyl halides is 2. The van der Waals surface area contributed by atoms with E-state index in [4.69, 9.17) is 0 Å². The van der Waals surface area contributed by atoms with Crippen LogP contribution in [-0.4, -0.2) is 34.8 Å². The van der Waals surface area contributed by atoms with Crippen LogP contribution in [0.15, 0.2) is 59.5 Å². The van der Waals surface area contributed by atoms with Crippen molar-refractivity contribution in [1.29, 1.82) is 0 Å². The molecule has 1 aromatic heterocycles. The van der Waals surface area contributed by atoms with E-state index < -0.39 is 33.3 Å². The first-order valence-electron chi connectivity index (χ1n) is 14.6. The molecule has 4 aromatic rings. The van der Waals surface area contributed by atoms with Crippen molar-refractivity contribution in [3.63, 3.8) is 0 Å². The van der Waals surface area contributed by atoms with Crippen molar-refractivity contribution in [2.45, 2.75) is 82.0 Å². The van der Waals surface area contributed by atoms with Gasteiger partial charge >= 0.3 is 6.29 Å². The molecule has 6 rings (SSSR count). The molecule has 1 saturated carbocycles. The maximum Gasteiger partial charge on any atom is 0.586 e. The molecule has 0 bridgehead atoms. The van der Waals surface area contributed by atoms with Gasteiger partial charge in [0, 0.05) is 27.7 Å². The number of hydrogen-bond donors (Lipinski definition) is 3. The van der Waals surface area contributed by atoms with Crippen LogP contribution in [-0.2, 0) is 25.7 Å². The first kappa shape index (κ1) is 31.0. The second-order valence-corrected chi connectivity index (χ2v) is 14.2. The molecule has 1 atom stereocenters. The van der Waals surface area contributed by atoms with Gasteiger partial charge in [-0.2, -0.15) is 8.42 Å². The van der Waals surface area contributed by atoms with Crippen molar-refractivity contribution in [2.75, 3.05) is 5.32 Å². The average molecular weight is 641 g/mol. The number of benzene rings is 3. The van der Waals surface area contributed by atoms with E-state index in [1.807, 2.05) is 50.5 Å². The number of fused-ring (bicyclic) bond motifs is 2. The van der Waals surface area contributed by atoms with Crippen molar-refractivity contribution in [1.82, 2.24) is 4.57 Å². The van der Waals surface area contributed by atoms with E-state index in [2.05, 4.69) is 14.8 Å². The molecule has 1 aliphatic carbocycles. The Labute approximate surface area is 259 Å².